The highest BCUT2D eigenvalue weighted by Gasteiger charge is 1.98. The van der Waals surface area contributed by atoms with Crippen molar-refractivity contribution in [3.05, 3.63) is 33.8 Å². The lowest BCUT2D eigenvalue weighted by atomic mass is 10.2. The van der Waals surface area contributed by atoms with E-state index in [1.165, 1.54) is 6.07 Å². The third-order valence-corrected chi connectivity index (χ3v) is 2.00. The maximum absolute atomic E-state index is 10.4. The van der Waals surface area contributed by atoms with E-state index in [-0.39, 0.29) is 5.56 Å². The molecule has 0 spiro atoms. The molecule has 0 saturated heterocycles. The van der Waals surface area contributed by atoms with Gasteiger partial charge in [0.2, 0.25) is 0 Å². The predicted octanol–water partition coefficient (Wildman–Crippen LogP) is 1.12. The van der Waals surface area contributed by atoms with Gasteiger partial charge in [0.1, 0.15) is 0 Å². The zero-order valence-corrected chi connectivity index (χ0v) is 7.51. The molecule has 1 aromatic carbocycles. The lowest BCUT2D eigenvalue weighted by Crippen LogP contribution is -2.22. The van der Waals surface area contributed by atoms with Crippen LogP contribution >= 0.6 is 15.9 Å². The third kappa shape index (κ3) is 1.80. The van der Waals surface area contributed by atoms with Gasteiger partial charge in [-0.2, -0.15) is 0 Å². The fourth-order valence-corrected chi connectivity index (χ4v) is 1.44. The second kappa shape index (κ2) is 3.05. The fraction of sp³-hybridized carbons (Fsp3) is 0.125. The van der Waals surface area contributed by atoms with Crippen LogP contribution in [0.4, 0.5) is 0 Å². The molecule has 0 N–H and O–H groups in total. The van der Waals surface area contributed by atoms with Crippen LogP contribution in [0.2, 0.25) is 0 Å². The Morgan fingerprint density at radius 2 is 2.18 bits per heavy atom. The Morgan fingerprint density at radius 3 is 2.64 bits per heavy atom. The van der Waals surface area contributed by atoms with Gasteiger partial charge >= 0.3 is 0 Å². The van der Waals surface area contributed by atoms with Crippen molar-refractivity contribution in [1.29, 1.82) is 0 Å². The van der Waals surface area contributed by atoms with E-state index in [2.05, 4.69) is 15.9 Å². The summed E-state index contributed by atoms with van der Waals surface area (Å²) in [6, 6.07) is 5.00. The smallest absolute Gasteiger partial charge is 0.0726 e. The minimum atomic E-state index is -1.16. The van der Waals surface area contributed by atoms with Crippen LogP contribution in [0, 0.1) is 6.92 Å². The SMILES string of the molecule is Cc1ccc(C(=O)[O-])c(Br)c1. The topological polar surface area (TPSA) is 40.1 Å². The molecule has 0 aliphatic heterocycles. The summed E-state index contributed by atoms with van der Waals surface area (Å²) in [6.07, 6.45) is 0. The van der Waals surface area contributed by atoms with Crippen molar-refractivity contribution in [3.8, 4) is 0 Å². The van der Waals surface area contributed by atoms with E-state index in [9.17, 15) is 9.90 Å². The Kier molecular flexibility index (Phi) is 2.29. The molecule has 0 aliphatic carbocycles. The Morgan fingerprint density at radius 1 is 1.55 bits per heavy atom. The van der Waals surface area contributed by atoms with Gasteiger partial charge in [-0.1, -0.05) is 28.1 Å². The molecule has 1 rings (SSSR count). The fourth-order valence-electron chi connectivity index (χ4n) is 0.786. The Bertz CT molecular complexity index is 294. The number of aromatic carboxylic acids is 1. The third-order valence-electron chi connectivity index (χ3n) is 1.34. The van der Waals surface area contributed by atoms with Crippen LogP contribution in [0.1, 0.15) is 15.9 Å². The van der Waals surface area contributed by atoms with Gasteiger partial charge in [0.25, 0.3) is 0 Å². The minimum absolute atomic E-state index is 0.190. The van der Waals surface area contributed by atoms with E-state index < -0.39 is 5.97 Å². The van der Waals surface area contributed by atoms with E-state index in [0.29, 0.717) is 4.47 Å². The summed E-state index contributed by atoms with van der Waals surface area (Å²) >= 11 is 3.13. The van der Waals surface area contributed by atoms with Gasteiger partial charge in [-0.3, -0.25) is 0 Å². The van der Waals surface area contributed by atoms with Crippen LogP contribution < -0.4 is 5.11 Å². The molecule has 0 amide bonds. The first-order chi connectivity index (χ1) is 5.11. The van der Waals surface area contributed by atoms with Gasteiger partial charge in [-0.25, -0.2) is 0 Å². The van der Waals surface area contributed by atoms with E-state index in [4.69, 9.17) is 0 Å². The first-order valence-electron chi connectivity index (χ1n) is 3.09. The Labute approximate surface area is 73.0 Å². The molecule has 0 heterocycles. The van der Waals surface area contributed by atoms with Gasteiger partial charge in [0.15, 0.2) is 0 Å². The van der Waals surface area contributed by atoms with E-state index in [1.807, 2.05) is 6.92 Å². The van der Waals surface area contributed by atoms with Crippen LogP contribution in [0.3, 0.4) is 0 Å². The van der Waals surface area contributed by atoms with Crippen LogP contribution in [-0.4, -0.2) is 5.97 Å². The molecule has 0 saturated carbocycles. The summed E-state index contributed by atoms with van der Waals surface area (Å²) in [4.78, 5) is 10.4. The summed E-state index contributed by atoms with van der Waals surface area (Å²) in [5, 5.41) is 10.4. The standard InChI is InChI=1S/C8H7BrO2/c1-5-2-3-6(8(10)11)7(9)4-5/h2-4H,1H3,(H,10,11)/p-1. The highest BCUT2D eigenvalue weighted by Crippen LogP contribution is 2.17. The number of carbonyl (C=O) groups excluding carboxylic acids is 1. The number of aryl methyl sites for hydroxylation is 1. The van der Waals surface area contributed by atoms with Gasteiger partial charge in [0.05, 0.1) is 5.97 Å². The van der Waals surface area contributed by atoms with Crippen molar-refractivity contribution in [1.82, 2.24) is 0 Å². The molecule has 0 bridgehead atoms. The van der Waals surface area contributed by atoms with Crippen molar-refractivity contribution >= 4 is 21.9 Å². The molecule has 11 heavy (non-hydrogen) atoms. The summed E-state index contributed by atoms with van der Waals surface area (Å²) in [5.41, 5.74) is 1.21. The number of halogens is 1. The molecule has 58 valence electrons. The summed E-state index contributed by atoms with van der Waals surface area (Å²) < 4.78 is 0.567. The van der Waals surface area contributed by atoms with Gasteiger partial charge in [0, 0.05) is 10.0 Å². The van der Waals surface area contributed by atoms with Crippen molar-refractivity contribution in [2.75, 3.05) is 0 Å². The Hall–Kier alpha value is -0.830. The molecule has 0 aromatic heterocycles. The number of carboxylic acid groups (broad SMARTS) is 1. The summed E-state index contributed by atoms with van der Waals surface area (Å²) in [6.45, 7) is 1.89. The minimum Gasteiger partial charge on any atom is -0.545 e. The number of hydrogen-bond donors (Lipinski definition) is 0. The highest BCUT2D eigenvalue weighted by atomic mass is 79.9. The van der Waals surface area contributed by atoms with Crippen molar-refractivity contribution in [2.45, 2.75) is 6.92 Å². The first kappa shape index (κ1) is 8.27. The molecule has 0 fully saturated rings. The molecular formula is C8H6BrO2-. The van der Waals surface area contributed by atoms with E-state index >= 15 is 0 Å². The average molecular weight is 214 g/mol. The van der Waals surface area contributed by atoms with Crippen LogP contribution in [0.15, 0.2) is 22.7 Å². The molecule has 0 unspecified atom stereocenters. The summed E-state index contributed by atoms with van der Waals surface area (Å²) in [7, 11) is 0. The van der Waals surface area contributed by atoms with Crippen molar-refractivity contribution < 1.29 is 9.90 Å². The lowest BCUT2D eigenvalue weighted by Gasteiger charge is -2.04. The first-order valence-corrected chi connectivity index (χ1v) is 3.88. The zero-order chi connectivity index (χ0) is 8.43. The number of carboxylic acids is 1. The van der Waals surface area contributed by atoms with E-state index in [1.54, 1.807) is 12.1 Å². The predicted molar refractivity (Wildman–Crippen MR) is 43.2 cm³/mol. The molecule has 2 nitrogen and oxygen atoms in total. The molecule has 0 aliphatic rings. The molecule has 1 aromatic rings. The monoisotopic (exact) mass is 213 g/mol. The number of carbonyl (C=O) groups is 1. The average Bonchev–Trinajstić information content (AvgIpc) is 1.85. The quantitative estimate of drug-likeness (QED) is 0.702. The highest BCUT2D eigenvalue weighted by molar-refractivity contribution is 9.10. The second-order valence-corrected chi connectivity index (χ2v) is 3.13. The molecule has 0 radical (unpaired) electrons. The van der Waals surface area contributed by atoms with Crippen LogP contribution in [0.5, 0.6) is 0 Å². The van der Waals surface area contributed by atoms with Crippen molar-refractivity contribution in [3.63, 3.8) is 0 Å². The molecule has 0 atom stereocenters. The van der Waals surface area contributed by atoms with E-state index in [0.717, 1.165) is 5.56 Å². The van der Waals surface area contributed by atoms with Crippen LogP contribution in [0.25, 0.3) is 0 Å². The Balaban J connectivity index is 3.20. The molecule has 3 heteroatoms. The normalized spacial score (nSPS) is 9.64. The van der Waals surface area contributed by atoms with Crippen molar-refractivity contribution in [2.24, 2.45) is 0 Å². The van der Waals surface area contributed by atoms with Gasteiger partial charge in [-0.05, 0) is 18.6 Å². The molecular weight excluding hydrogens is 208 g/mol. The van der Waals surface area contributed by atoms with Gasteiger partial charge < -0.3 is 9.90 Å². The van der Waals surface area contributed by atoms with Crippen LogP contribution in [-0.2, 0) is 0 Å². The zero-order valence-electron chi connectivity index (χ0n) is 5.93. The second-order valence-electron chi connectivity index (χ2n) is 2.27. The largest absolute Gasteiger partial charge is 0.545 e. The lowest BCUT2D eigenvalue weighted by molar-refractivity contribution is -0.255. The number of hydrogen-bond acceptors (Lipinski definition) is 2. The number of rotatable bonds is 1. The maximum Gasteiger partial charge on any atom is 0.0726 e. The maximum atomic E-state index is 10.4. The van der Waals surface area contributed by atoms with Gasteiger partial charge in [-0.15, -0.1) is 0 Å². The number of benzene rings is 1. The summed E-state index contributed by atoms with van der Waals surface area (Å²) in [5.74, 6) is -1.16.